The van der Waals surface area contributed by atoms with Gasteiger partial charge >= 0.3 is 0 Å². The Kier molecular flexibility index (Phi) is 5.00. The number of nitrogens with zero attached hydrogens (tertiary/aromatic N) is 4. The molecule has 0 saturated heterocycles. The highest BCUT2D eigenvalue weighted by Gasteiger charge is 2.25. The van der Waals surface area contributed by atoms with Gasteiger partial charge in [-0.05, 0) is 86.8 Å². The topological polar surface area (TPSA) is 35.6 Å². The third kappa shape index (κ3) is 3.16. The van der Waals surface area contributed by atoms with Crippen molar-refractivity contribution in [3.63, 3.8) is 0 Å². The van der Waals surface area contributed by atoms with Gasteiger partial charge in [0, 0.05) is 45.7 Å². The summed E-state index contributed by atoms with van der Waals surface area (Å²) in [6.07, 6.45) is 17.5. The molecule has 0 radical (unpaired) electrons. The molecule has 38 heavy (non-hydrogen) atoms. The first kappa shape index (κ1) is 21.9. The van der Waals surface area contributed by atoms with E-state index in [2.05, 4.69) is 92.2 Å². The number of hydrogen-bond acceptors (Lipinski definition) is 2. The van der Waals surface area contributed by atoms with E-state index in [0.717, 1.165) is 37.1 Å². The lowest BCUT2D eigenvalue weighted by Crippen LogP contribution is -2.10. The lowest BCUT2D eigenvalue weighted by Gasteiger charge is -2.21. The number of fused-ring (bicyclic) bond motifs is 6. The molecular formula is C34H30N4. The van der Waals surface area contributed by atoms with E-state index in [1.165, 1.54) is 81.1 Å². The van der Waals surface area contributed by atoms with Crippen LogP contribution in [0, 0.1) is 0 Å². The highest BCUT2D eigenvalue weighted by Crippen LogP contribution is 2.41. The van der Waals surface area contributed by atoms with Gasteiger partial charge in [-0.2, -0.15) is 0 Å². The molecule has 0 amide bonds. The molecule has 4 nitrogen and oxygen atoms in total. The van der Waals surface area contributed by atoms with Crippen LogP contribution in [-0.2, 0) is 25.7 Å². The number of benzene rings is 2. The molecule has 4 aromatic heterocycles. The standard InChI is InChI=1S/C34H30N4/c1-5-13-29-23(9-1)24-10-2-6-14-30(24)37(29)33-21-35-19-17-27(33)28-18-20-36-22-34(28)38-31-15-7-3-11-25(31)26-12-4-8-16-32(26)38/h1,3,5,7,9,11,13,15,17-22H,2,4,6,8,10,12,14,16H2. The van der Waals surface area contributed by atoms with Crippen molar-refractivity contribution in [1.29, 1.82) is 0 Å². The number of aromatic nitrogens is 4. The molecule has 0 aliphatic heterocycles. The molecule has 186 valence electrons. The molecule has 0 unspecified atom stereocenters. The Hall–Kier alpha value is -4.18. The molecule has 2 aliphatic rings. The molecule has 8 rings (SSSR count). The first-order valence-electron chi connectivity index (χ1n) is 14.0. The van der Waals surface area contributed by atoms with Gasteiger partial charge in [0.25, 0.3) is 0 Å². The van der Waals surface area contributed by atoms with Crippen LogP contribution >= 0.6 is 0 Å². The highest BCUT2D eigenvalue weighted by atomic mass is 15.0. The summed E-state index contributed by atoms with van der Waals surface area (Å²) in [6, 6.07) is 22.2. The Bertz CT molecular complexity index is 1700. The summed E-state index contributed by atoms with van der Waals surface area (Å²) < 4.78 is 5.00. The molecule has 2 aromatic carbocycles. The van der Waals surface area contributed by atoms with E-state index < -0.39 is 0 Å². The van der Waals surface area contributed by atoms with Crippen molar-refractivity contribution in [2.24, 2.45) is 0 Å². The summed E-state index contributed by atoms with van der Waals surface area (Å²) in [7, 11) is 0. The molecule has 0 spiro atoms. The Morgan fingerprint density at radius 3 is 1.45 bits per heavy atom. The average molecular weight is 495 g/mol. The Morgan fingerprint density at radius 1 is 0.500 bits per heavy atom. The van der Waals surface area contributed by atoms with Gasteiger partial charge in [0.1, 0.15) is 0 Å². The van der Waals surface area contributed by atoms with Crippen molar-refractivity contribution in [1.82, 2.24) is 19.1 Å². The fraction of sp³-hybridized carbons (Fsp3) is 0.235. The third-order valence-corrected chi connectivity index (χ3v) is 8.73. The fourth-order valence-electron chi connectivity index (χ4n) is 7.13. The summed E-state index contributed by atoms with van der Waals surface area (Å²) in [6.45, 7) is 0. The van der Waals surface area contributed by atoms with Gasteiger partial charge in [0.15, 0.2) is 0 Å². The molecule has 0 atom stereocenters. The molecule has 4 heteroatoms. The van der Waals surface area contributed by atoms with Gasteiger partial charge < -0.3 is 9.13 Å². The SMILES string of the molecule is c1ccc2c(c1)c1c(n2-c2cnccc2-c2ccncc2-n2c3c(c4ccccc42)CCCC3)CCCC1. The Morgan fingerprint density at radius 2 is 0.947 bits per heavy atom. The smallest absolute Gasteiger partial charge is 0.0721 e. The largest absolute Gasteiger partial charge is 0.311 e. The van der Waals surface area contributed by atoms with Crippen molar-refractivity contribution in [3.8, 4) is 22.5 Å². The molecule has 0 saturated carbocycles. The minimum absolute atomic E-state index is 1.11. The van der Waals surface area contributed by atoms with Gasteiger partial charge in [0.05, 0.1) is 34.8 Å². The summed E-state index contributed by atoms with van der Waals surface area (Å²) in [4.78, 5) is 9.30. The lowest BCUT2D eigenvalue weighted by atomic mass is 9.95. The van der Waals surface area contributed by atoms with Crippen LogP contribution in [0.3, 0.4) is 0 Å². The van der Waals surface area contributed by atoms with Gasteiger partial charge in [-0.25, -0.2) is 0 Å². The van der Waals surface area contributed by atoms with Crippen molar-refractivity contribution in [3.05, 3.63) is 108 Å². The van der Waals surface area contributed by atoms with E-state index >= 15 is 0 Å². The summed E-state index contributed by atoms with van der Waals surface area (Å²) >= 11 is 0. The van der Waals surface area contributed by atoms with E-state index in [-0.39, 0.29) is 0 Å². The predicted molar refractivity (Wildman–Crippen MR) is 154 cm³/mol. The van der Waals surface area contributed by atoms with Gasteiger partial charge in [-0.15, -0.1) is 0 Å². The molecule has 0 bridgehead atoms. The van der Waals surface area contributed by atoms with E-state index in [1.807, 2.05) is 12.4 Å². The van der Waals surface area contributed by atoms with Crippen LogP contribution in [0.2, 0.25) is 0 Å². The van der Waals surface area contributed by atoms with Gasteiger partial charge in [-0.3, -0.25) is 9.97 Å². The minimum atomic E-state index is 1.11. The van der Waals surface area contributed by atoms with Crippen LogP contribution in [0.1, 0.15) is 48.2 Å². The predicted octanol–water partition coefficient (Wildman–Crippen LogP) is 7.79. The van der Waals surface area contributed by atoms with Crippen LogP contribution in [0.5, 0.6) is 0 Å². The molecule has 0 N–H and O–H groups in total. The maximum atomic E-state index is 4.65. The quantitative estimate of drug-likeness (QED) is 0.252. The Balaban J connectivity index is 1.41. The average Bonchev–Trinajstić information content (AvgIpc) is 3.50. The molecule has 6 aromatic rings. The number of hydrogen-bond donors (Lipinski definition) is 0. The van der Waals surface area contributed by atoms with Crippen molar-refractivity contribution >= 4 is 21.8 Å². The van der Waals surface area contributed by atoms with Crippen LogP contribution in [-0.4, -0.2) is 19.1 Å². The minimum Gasteiger partial charge on any atom is -0.311 e. The second kappa shape index (κ2) is 8.70. The monoisotopic (exact) mass is 494 g/mol. The third-order valence-electron chi connectivity index (χ3n) is 8.73. The maximum Gasteiger partial charge on any atom is 0.0721 e. The normalized spacial score (nSPS) is 15.1. The molecular weight excluding hydrogens is 464 g/mol. The maximum absolute atomic E-state index is 4.65. The second-order valence-corrected chi connectivity index (χ2v) is 10.8. The first-order valence-corrected chi connectivity index (χ1v) is 14.0. The van der Waals surface area contributed by atoms with Crippen LogP contribution in [0.4, 0.5) is 0 Å². The van der Waals surface area contributed by atoms with Gasteiger partial charge in [0.2, 0.25) is 0 Å². The molecule has 2 aliphatic carbocycles. The second-order valence-electron chi connectivity index (χ2n) is 10.8. The zero-order chi connectivity index (χ0) is 25.1. The molecule has 0 fully saturated rings. The van der Waals surface area contributed by atoms with Crippen LogP contribution in [0.25, 0.3) is 44.3 Å². The van der Waals surface area contributed by atoms with Crippen LogP contribution < -0.4 is 0 Å². The van der Waals surface area contributed by atoms with Crippen molar-refractivity contribution in [2.45, 2.75) is 51.4 Å². The van der Waals surface area contributed by atoms with Gasteiger partial charge in [-0.1, -0.05) is 36.4 Å². The lowest BCUT2D eigenvalue weighted by molar-refractivity contribution is 0.666. The summed E-state index contributed by atoms with van der Waals surface area (Å²) in [5, 5.41) is 2.77. The number of pyridine rings is 2. The van der Waals surface area contributed by atoms with E-state index in [0.29, 0.717) is 0 Å². The first-order chi connectivity index (χ1) is 18.9. The fourth-order valence-corrected chi connectivity index (χ4v) is 7.13. The zero-order valence-electron chi connectivity index (χ0n) is 21.5. The summed E-state index contributed by atoms with van der Waals surface area (Å²) in [5.74, 6) is 0. The Labute approximate surface area is 222 Å². The van der Waals surface area contributed by atoms with Crippen LogP contribution in [0.15, 0.2) is 85.5 Å². The van der Waals surface area contributed by atoms with E-state index in [1.54, 1.807) is 0 Å². The zero-order valence-corrected chi connectivity index (χ0v) is 21.5. The highest BCUT2D eigenvalue weighted by molar-refractivity contribution is 5.92. The van der Waals surface area contributed by atoms with E-state index in [9.17, 15) is 0 Å². The summed E-state index contributed by atoms with van der Waals surface area (Å²) in [5.41, 5.74) is 13.2. The number of para-hydroxylation sites is 2. The number of rotatable bonds is 3. The van der Waals surface area contributed by atoms with Crippen molar-refractivity contribution in [2.75, 3.05) is 0 Å². The van der Waals surface area contributed by atoms with Crippen molar-refractivity contribution < 1.29 is 0 Å². The van der Waals surface area contributed by atoms with E-state index in [4.69, 9.17) is 0 Å². The number of aryl methyl sites for hydroxylation is 2. The molecule has 4 heterocycles.